The second kappa shape index (κ2) is 7.74. The summed E-state index contributed by atoms with van der Waals surface area (Å²) in [5, 5.41) is 25.9. The Kier molecular flexibility index (Phi) is 5.96. The maximum Gasteiger partial charge on any atom is 0.233 e. The molecule has 0 aromatic carbocycles. The average molecular weight is 455 g/mol. The van der Waals surface area contributed by atoms with Gasteiger partial charge in [0, 0.05) is 19.2 Å². The van der Waals surface area contributed by atoms with Gasteiger partial charge < -0.3 is 10.4 Å². The van der Waals surface area contributed by atoms with Crippen molar-refractivity contribution in [3.63, 3.8) is 0 Å². The first-order valence-corrected chi connectivity index (χ1v) is 13.9. The predicted molar refractivity (Wildman–Crippen MR) is 128 cm³/mol. The fraction of sp³-hybridized carbons (Fsp3) is 1.00. The molecule has 0 amide bonds. The van der Waals surface area contributed by atoms with Crippen LogP contribution in [0.2, 0.25) is 0 Å². The van der Waals surface area contributed by atoms with Gasteiger partial charge in [0.25, 0.3) is 0 Å². The highest BCUT2D eigenvalue weighted by molar-refractivity contribution is 8.09. The lowest BCUT2D eigenvalue weighted by atomic mass is 9.69. The third-order valence-electron chi connectivity index (χ3n) is 8.82. The summed E-state index contributed by atoms with van der Waals surface area (Å²) in [6, 6.07) is 0. The van der Waals surface area contributed by atoms with Crippen LogP contribution < -0.4 is 0 Å². The van der Waals surface area contributed by atoms with E-state index in [2.05, 4.69) is 41.5 Å². The highest BCUT2D eigenvalue weighted by Crippen LogP contribution is 2.64. The van der Waals surface area contributed by atoms with Crippen molar-refractivity contribution in [3.8, 4) is 0 Å². The van der Waals surface area contributed by atoms with Crippen LogP contribution in [0, 0.1) is 33.1 Å². The van der Waals surface area contributed by atoms with Gasteiger partial charge in [-0.2, -0.15) is 0 Å². The van der Waals surface area contributed by atoms with Crippen molar-refractivity contribution in [2.75, 3.05) is 13.1 Å². The second-order valence-corrected chi connectivity index (χ2v) is 15.9. The molecule has 172 valence electrons. The van der Waals surface area contributed by atoms with Crippen molar-refractivity contribution in [2.45, 2.75) is 113 Å². The fourth-order valence-electron chi connectivity index (χ4n) is 6.20. The molecule has 2 spiro atoms. The molecule has 2 heterocycles. The average Bonchev–Trinajstić information content (AvgIpc) is 3.51. The van der Waals surface area contributed by atoms with Gasteiger partial charge in [0.1, 0.15) is 0 Å². The number of hydrogen-bond acceptors (Lipinski definition) is 4. The zero-order chi connectivity index (χ0) is 21.9. The monoisotopic (exact) mass is 454 g/mol. The smallest absolute Gasteiger partial charge is 0.233 e. The van der Waals surface area contributed by atoms with Crippen LogP contribution >= 0.6 is 23.5 Å². The van der Waals surface area contributed by atoms with Gasteiger partial charge >= 0.3 is 0 Å². The summed E-state index contributed by atoms with van der Waals surface area (Å²) in [6.45, 7) is 14.8. The molecule has 2 atom stereocenters. The van der Waals surface area contributed by atoms with Crippen molar-refractivity contribution in [3.05, 3.63) is 10.4 Å². The summed E-state index contributed by atoms with van der Waals surface area (Å²) in [5.74, 6) is 1.58. The molecule has 6 heteroatoms. The van der Waals surface area contributed by atoms with Gasteiger partial charge in [-0.1, -0.05) is 41.5 Å². The van der Waals surface area contributed by atoms with E-state index in [9.17, 15) is 10.4 Å². The summed E-state index contributed by atoms with van der Waals surface area (Å²) in [5.41, 5.74) is 0.772. The Balaban J connectivity index is 1.24. The summed E-state index contributed by atoms with van der Waals surface area (Å²) < 4.78 is 0.596. The third-order valence-corrected chi connectivity index (χ3v) is 12.4. The Morgan fingerprint density at radius 2 is 0.967 bits per heavy atom. The molecule has 4 aliphatic rings. The van der Waals surface area contributed by atoms with Gasteiger partial charge in [0.05, 0.1) is 10.5 Å². The standard InChI is InChI=1S/C24H42N2O2S2/c1-21(2,3)17-7-11-23(12-8-17)19(29-23)15-25(27)26(28)16-20-24(30-20)13-9-18(10-14-24)22(4,5)6/h17-20H,7-16H2,1-6H3/b26-25+. The van der Waals surface area contributed by atoms with E-state index in [1.807, 2.05) is 23.5 Å². The molecule has 4 rings (SSSR count). The fourth-order valence-corrected chi connectivity index (χ4v) is 9.16. The van der Waals surface area contributed by atoms with Crippen LogP contribution in [0.25, 0.3) is 0 Å². The molecule has 4 nitrogen and oxygen atoms in total. The molecule has 30 heavy (non-hydrogen) atoms. The molecule has 2 aliphatic heterocycles. The number of hydrogen-bond donors (Lipinski definition) is 0. The summed E-state index contributed by atoms with van der Waals surface area (Å²) in [4.78, 5) is 1.49. The first-order chi connectivity index (χ1) is 13.8. The number of thioether (sulfide) groups is 2. The first kappa shape index (κ1) is 23.1. The van der Waals surface area contributed by atoms with E-state index >= 15 is 0 Å². The lowest BCUT2D eigenvalue weighted by Crippen LogP contribution is -2.34. The van der Waals surface area contributed by atoms with E-state index in [1.54, 1.807) is 0 Å². The van der Waals surface area contributed by atoms with Gasteiger partial charge in [0.15, 0.2) is 0 Å². The molecule has 2 unspecified atom stereocenters. The highest BCUT2D eigenvalue weighted by atomic mass is 32.2. The molecule has 0 aromatic rings. The molecule has 2 saturated carbocycles. The quantitative estimate of drug-likeness (QED) is 0.207. The second-order valence-electron chi connectivity index (χ2n) is 12.7. The van der Waals surface area contributed by atoms with Crippen LogP contribution in [0.1, 0.15) is 92.9 Å². The molecule has 0 radical (unpaired) electrons. The van der Waals surface area contributed by atoms with Crippen LogP contribution in [0.15, 0.2) is 0 Å². The van der Waals surface area contributed by atoms with Crippen LogP contribution in [0.3, 0.4) is 0 Å². The van der Waals surface area contributed by atoms with E-state index in [4.69, 9.17) is 0 Å². The van der Waals surface area contributed by atoms with Crippen molar-refractivity contribution < 1.29 is 9.72 Å². The van der Waals surface area contributed by atoms with Crippen LogP contribution in [-0.2, 0) is 0 Å². The van der Waals surface area contributed by atoms with Gasteiger partial charge in [-0.15, -0.1) is 23.5 Å². The van der Waals surface area contributed by atoms with Crippen molar-refractivity contribution in [1.82, 2.24) is 0 Å². The van der Waals surface area contributed by atoms with Gasteiger partial charge in [0.2, 0.25) is 13.1 Å². The van der Waals surface area contributed by atoms with Crippen molar-refractivity contribution in [2.24, 2.45) is 22.7 Å². The van der Waals surface area contributed by atoms with Crippen LogP contribution in [-0.4, -0.2) is 42.8 Å². The molecule has 2 saturated heterocycles. The Labute approximate surface area is 192 Å². The first-order valence-electron chi connectivity index (χ1n) is 12.1. The number of azo groups is 1. The van der Waals surface area contributed by atoms with E-state index in [0.29, 0.717) is 43.9 Å². The Morgan fingerprint density at radius 1 is 0.667 bits per heavy atom. The third kappa shape index (κ3) is 4.65. The van der Waals surface area contributed by atoms with Crippen molar-refractivity contribution >= 4 is 23.5 Å². The van der Waals surface area contributed by atoms with Gasteiger partial charge in [-0.3, -0.25) is 0 Å². The normalized spacial score (nSPS) is 42.3. The van der Waals surface area contributed by atoms with Gasteiger partial charge in [-0.05, 0) is 74.0 Å². The van der Waals surface area contributed by atoms with E-state index < -0.39 is 0 Å². The number of rotatable bonds is 4. The minimum absolute atomic E-state index is 0.298. The number of nitrogens with zero attached hydrogens (tertiary/aromatic N) is 2. The molecule has 2 aliphatic carbocycles. The van der Waals surface area contributed by atoms with Crippen molar-refractivity contribution in [1.29, 1.82) is 0 Å². The Bertz CT molecular complexity index is 620. The van der Waals surface area contributed by atoms with E-state index in [-0.39, 0.29) is 0 Å². The molecule has 0 aromatic heterocycles. The minimum atomic E-state index is 0.298. The largest absolute Gasteiger partial charge is 0.567 e. The van der Waals surface area contributed by atoms with Crippen LogP contribution in [0.5, 0.6) is 0 Å². The summed E-state index contributed by atoms with van der Waals surface area (Å²) in [7, 11) is 0. The summed E-state index contributed by atoms with van der Waals surface area (Å²) >= 11 is 3.93. The topological polar surface area (TPSA) is 52.1 Å². The van der Waals surface area contributed by atoms with E-state index in [0.717, 1.165) is 21.6 Å². The van der Waals surface area contributed by atoms with E-state index in [1.165, 1.54) is 51.4 Å². The summed E-state index contributed by atoms with van der Waals surface area (Å²) in [6.07, 6.45) is 9.93. The minimum Gasteiger partial charge on any atom is -0.567 e. The molecular weight excluding hydrogens is 412 g/mol. The number of hydroxylamine groups is 2. The Hall–Kier alpha value is -0.100. The highest BCUT2D eigenvalue weighted by Gasteiger charge is 2.61. The molecule has 0 bridgehead atoms. The Morgan fingerprint density at radius 3 is 1.23 bits per heavy atom. The van der Waals surface area contributed by atoms with Gasteiger partial charge in [-0.25, -0.2) is 0 Å². The molecular formula is C24H42N2O2S2. The lowest BCUT2D eigenvalue weighted by molar-refractivity contribution is -0.969. The predicted octanol–water partition coefficient (Wildman–Crippen LogP) is 6.64. The lowest BCUT2D eigenvalue weighted by Gasteiger charge is -2.37. The maximum atomic E-state index is 12.6. The zero-order valence-corrected chi connectivity index (χ0v) is 21.5. The maximum absolute atomic E-state index is 12.6. The zero-order valence-electron chi connectivity index (χ0n) is 19.9. The molecule has 0 N–H and O–H groups in total. The SMILES string of the molecule is CC(C)(C)C1CCC2(CC1)SC2C/[N+]([O-])=[N+](\[O-])CC1SC12CCC(C(C)(C)C)CC2. The van der Waals surface area contributed by atoms with Crippen LogP contribution in [0.4, 0.5) is 0 Å². The molecule has 4 fully saturated rings.